The second kappa shape index (κ2) is 4.98. The zero-order valence-corrected chi connectivity index (χ0v) is 10.9. The highest BCUT2D eigenvalue weighted by Gasteiger charge is 2.32. The summed E-state index contributed by atoms with van der Waals surface area (Å²) in [5.41, 5.74) is 8.72. The highest BCUT2D eigenvalue weighted by molar-refractivity contribution is 5.99. The maximum atomic E-state index is 12.3. The van der Waals surface area contributed by atoms with Gasteiger partial charge in [-0.1, -0.05) is 36.4 Å². The fraction of sp³-hybridized carbons (Fsp3) is 0.188. The van der Waals surface area contributed by atoms with Crippen molar-refractivity contribution in [2.24, 2.45) is 0 Å². The molecule has 4 nitrogen and oxygen atoms in total. The van der Waals surface area contributed by atoms with E-state index in [9.17, 15) is 9.90 Å². The lowest BCUT2D eigenvalue weighted by Crippen LogP contribution is -2.34. The number of nitrogen functional groups attached to an aromatic ring is 1. The molecule has 0 aliphatic heterocycles. The number of nitrogens with two attached hydrogens (primary N) is 1. The summed E-state index contributed by atoms with van der Waals surface area (Å²) >= 11 is 0. The Hall–Kier alpha value is -2.33. The van der Waals surface area contributed by atoms with E-state index in [4.69, 9.17) is 5.73 Å². The summed E-state index contributed by atoms with van der Waals surface area (Å²) in [4.78, 5) is 12.3. The van der Waals surface area contributed by atoms with Gasteiger partial charge in [-0.3, -0.25) is 4.79 Å². The molecule has 3 rings (SSSR count). The van der Waals surface area contributed by atoms with Crippen LogP contribution in [-0.4, -0.2) is 17.1 Å². The number of fused-ring (bicyclic) bond motifs is 1. The van der Waals surface area contributed by atoms with Crippen LogP contribution in [0.3, 0.4) is 0 Å². The molecule has 20 heavy (non-hydrogen) atoms. The van der Waals surface area contributed by atoms with Crippen LogP contribution in [0.1, 0.15) is 27.5 Å². The molecule has 1 aliphatic carbocycles. The van der Waals surface area contributed by atoms with Crippen molar-refractivity contribution in [2.75, 3.05) is 5.73 Å². The number of aliphatic hydroxyl groups excluding tert-OH is 1. The van der Waals surface area contributed by atoms with Gasteiger partial charge in [-0.05, 0) is 23.3 Å². The molecule has 0 spiro atoms. The van der Waals surface area contributed by atoms with E-state index in [-0.39, 0.29) is 11.9 Å². The van der Waals surface area contributed by atoms with E-state index < -0.39 is 6.10 Å². The lowest BCUT2D eigenvalue weighted by atomic mass is 10.1. The highest BCUT2D eigenvalue weighted by atomic mass is 16.3. The van der Waals surface area contributed by atoms with E-state index in [1.54, 1.807) is 24.3 Å². The van der Waals surface area contributed by atoms with Crippen LogP contribution in [0.25, 0.3) is 0 Å². The molecule has 2 atom stereocenters. The summed E-state index contributed by atoms with van der Waals surface area (Å²) < 4.78 is 0. The molecule has 0 saturated heterocycles. The predicted octanol–water partition coefficient (Wildman–Crippen LogP) is 1.66. The van der Waals surface area contributed by atoms with Crippen LogP contribution in [0.15, 0.2) is 48.5 Å². The number of nitrogens with one attached hydrogen (secondary N) is 1. The number of anilines is 1. The van der Waals surface area contributed by atoms with E-state index in [1.807, 2.05) is 24.3 Å². The molecule has 4 heteroatoms. The van der Waals surface area contributed by atoms with Crippen molar-refractivity contribution in [3.05, 3.63) is 65.2 Å². The number of para-hydroxylation sites is 1. The number of amides is 1. The fourth-order valence-corrected chi connectivity index (χ4v) is 2.67. The van der Waals surface area contributed by atoms with E-state index >= 15 is 0 Å². The average molecular weight is 268 g/mol. The molecule has 4 N–H and O–H groups in total. The van der Waals surface area contributed by atoms with E-state index in [1.165, 1.54) is 0 Å². The van der Waals surface area contributed by atoms with Crippen LogP contribution in [0, 0.1) is 0 Å². The van der Waals surface area contributed by atoms with Gasteiger partial charge in [0, 0.05) is 12.1 Å². The number of rotatable bonds is 2. The smallest absolute Gasteiger partial charge is 0.253 e. The summed E-state index contributed by atoms with van der Waals surface area (Å²) in [6.45, 7) is 0. The average Bonchev–Trinajstić information content (AvgIpc) is 2.76. The molecule has 0 unspecified atom stereocenters. The first-order valence-corrected chi connectivity index (χ1v) is 6.58. The van der Waals surface area contributed by atoms with Gasteiger partial charge in [0.25, 0.3) is 5.91 Å². The highest BCUT2D eigenvalue weighted by Crippen LogP contribution is 2.31. The molecule has 2 aromatic rings. The molecule has 0 radical (unpaired) electrons. The summed E-state index contributed by atoms with van der Waals surface area (Å²) in [6, 6.07) is 14.3. The van der Waals surface area contributed by atoms with Gasteiger partial charge in [0.05, 0.1) is 17.7 Å². The number of hydrogen-bond acceptors (Lipinski definition) is 3. The lowest BCUT2D eigenvalue weighted by Gasteiger charge is -2.18. The Labute approximate surface area is 117 Å². The monoisotopic (exact) mass is 268 g/mol. The maximum Gasteiger partial charge on any atom is 0.253 e. The van der Waals surface area contributed by atoms with Gasteiger partial charge in [0.2, 0.25) is 0 Å². The molecule has 0 fully saturated rings. The van der Waals surface area contributed by atoms with Gasteiger partial charge in [-0.15, -0.1) is 0 Å². The Kier molecular flexibility index (Phi) is 3.16. The second-order valence-corrected chi connectivity index (χ2v) is 5.01. The normalized spacial score (nSPS) is 20.4. The molecule has 0 bridgehead atoms. The minimum atomic E-state index is -0.596. The summed E-state index contributed by atoms with van der Waals surface area (Å²) in [5.74, 6) is -0.260. The van der Waals surface area contributed by atoms with Crippen LogP contribution in [0.5, 0.6) is 0 Å². The Morgan fingerprint density at radius 2 is 1.85 bits per heavy atom. The Balaban J connectivity index is 1.85. The molecule has 0 heterocycles. The van der Waals surface area contributed by atoms with Gasteiger partial charge < -0.3 is 16.2 Å². The predicted molar refractivity (Wildman–Crippen MR) is 77.2 cm³/mol. The van der Waals surface area contributed by atoms with Crippen molar-refractivity contribution in [1.82, 2.24) is 5.32 Å². The largest absolute Gasteiger partial charge is 0.398 e. The van der Waals surface area contributed by atoms with Crippen molar-refractivity contribution < 1.29 is 9.90 Å². The van der Waals surface area contributed by atoms with E-state index in [2.05, 4.69) is 5.32 Å². The van der Waals surface area contributed by atoms with Gasteiger partial charge in [0.1, 0.15) is 0 Å². The van der Waals surface area contributed by atoms with Crippen molar-refractivity contribution in [3.63, 3.8) is 0 Å². The lowest BCUT2D eigenvalue weighted by molar-refractivity contribution is 0.0859. The molecule has 2 aromatic carbocycles. The zero-order chi connectivity index (χ0) is 14.1. The third-order valence-corrected chi connectivity index (χ3v) is 3.70. The summed E-state index contributed by atoms with van der Waals surface area (Å²) in [6.07, 6.45) is -0.0351. The maximum absolute atomic E-state index is 12.3. The molecule has 102 valence electrons. The number of carbonyl (C=O) groups excluding carboxylic acids is 1. The SMILES string of the molecule is Nc1ccccc1C(=O)N[C@H]1c2ccccc2C[C@H]1O. The quantitative estimate of drug-likeness (QED) is 0.725. The molecular weight excluding hydrogens is 252 g/mol. The minimum Gasteiger partial charge on any atom is -0.398 e. The summed E-state index contributed by atoms with van der Waals surface area (Å²) in [7, 11) is 0. The fourth-order valence-electron chi connectivity index (χ4n) is 2.67. The molecule has 0 aromatic heterocycles. The number of aliphatic hydroxyl groups is 1. The van der Waals surface area contributed by atoms with E-state index in [0.717, 1.165) is 11.1 Å². The van der Waals surface area contributed by atoms with Crippen molar-refractivity contribution in [3.8, 4) is 0 Å². The van der Waals surface area contributed by atoms with Gasteiger partial charge in [-0.2, -0.15) is 0 Å². The van der Waals surface area contributed by atoms with Crippen LogP contribution < -0.4 is 11.1 Å². The minimum absolute atomic E-state index is 0.260. The van der Waals surface area contributed by atoms with Crippen LogP contribution in [0.4, 0.5) is 5.69 Å². The van der Waals surface area contributed by atoms with Gasteiger partial charge in [-0.25, -0.2) is 0 Å². The van der Waals surface area contributed by atoms with Gasteiger partial charge in [0.15, 0.2) is 0 Å². The Morgan fingerprint density at radius 1 is 1.15 bits per heavy atom. The second-order valence-electron chi connectivity index (χ2n) is 5.01. The molecular formula is C16H16N2O2. The first kappa shape index (κ1) is 12.7. The Morgan fingerprint density at radius 3 is 2.65 bits per heavy atom. The van der Waals surface area contributed by atoms with Crippen molar-refractivity contribution >= 4 is 11.6 Å². The van der Waals surface area contributed by atoms with Crippen LogP contribution >= 0.6 is 0 Å². The van der Waals surface area contributed by atoms with Crippen molar-refractivity contribution in [1.29, 1.82) is 0 Å². The molecule has 1 aliphatic rings. The van der Waals surface area contributed by atoms with Crippen LogP contribution in [0.2, 0.25) is 0 Å². The van der Waals surface area contributed by atoms with E-state index in [0.29, 0.717) is 17.7 Å². The number of hydrogen-bond donors (Lipinski definition) is 3. The number of carbonyl (C=O) groups is 1. The topological polar surface area (TPSA) is 75.4 Å². The standard InChI is InChI=1S/C16H16N2O2/c17-13-8-4-3-7-12(13)16(20)18-15-11-6-2-1-5-10(11)9-14(15)19/h1-8,14-15,19H,9,17H2,(H,18,20)/t14-,15+/m1/s1. The third kappa shape index (κ3) is 2.14. The zero-order valence-electron chi connectivity index (χ0n) is 10.9. The van der Waals surface area contributed by atoms with Gasteiger partial charge >= 0.3 is 0 Å². The molecule has 1 amide bonds. The van der Waals surface area contributed by atoms with Crippen molar-refractivity contribution in [2.45, 2.75) is 18.6 Å². The summed E-state index contributed by atoms with van der Waals surface area (Å²) in [5, 5.41) is 13.0. The van der Waals surface area contributed by atoms with Crippen LogP contribution in [-0.2, 0) is 6.42 Å². The molecule has 0 saturated carbocycles. The number of benzene rings is 2. The first-order chi connectivity index (χ1) is 9.66. The first-order valence-electron chi connectivity index (χ1n) is 6.58. The third-order valence-electron chi connectivity index (χ3n) is 3.70. The Bertz CT molecular complexity index is 654.